The zero-order valence-electron chi connectivity index (χ0n) is 15.9. The molecule has 0 saturated carbocycles. The average molecular weight is 361 g/mol. The molecule has 2 aromatic rings. The first-order valence-corrected chi connectivity index (χ1v) is 8.42. The summed E-state index contributed by atoms with van der Waals surface area (Å²) in [6.45, 7) is 7.21. The average Bonchev–Trinajstić information content (AvgIpc) is 2.95. The third kappa shape index (κ3) is 5.57. The van der Waals surface area contributed by atoms with E-state index in [9.17, 15) is 4.79 Å². The molecule has 0 spiro atoms. The lowest BCUT2D eigenvalue weighted by molar-refractivity contribution is -0.121. The van der Waals surface area contributed by atoms with E-state index in [1.165, 1.54) is 6.33 Å². The standard InChI is InChI=1S/C16H27N9O/c1-16(2,3)24-12(26)9-20-15(17-4)19-7-6-18-13-11-8-23-25(5)14(11)22-10-21-13/h8,10H,6-7,9H2,1-5H3,(H,24,26)(H2,17,19,20)(H,18,21,22). The highest BCUT2D eigenvalue weighted by atomic mass is 16.2. The van der Waals surface area contributed by atoms with E-state index < -0.39 is 0 Å². The van der Waals surface area contributed by atoms with Gasteiger partial charge in [-0.2, -0.15) is 5.10 Å². The molecule has 0 radical (unpaired) electrons. The van der Waals surface area contributed by atoms with Crippen LogP contribution in [0.4, 0.5) is 5.82 Å². The highest BCUT2D eigenvalue weighted by Gasteiger charge is 2.13. The summed E-state index contributed by atoms with van der Waals surface area (Å²) in [5, 5.41) is 17.3. The summed E-state index contributed by atoms with van der Waals surface area (Å²) in [4.78, 5) is 24.4. The first kappa shape index (κ1) is 19.4. The Balaban J connectivity index is 1.76. The Morgan fingerprint density at radius 1 is 1.23 bits per heavy atom. The lowest BCUT2D eigenvalue weighted by atomic mass is 10.1. The summed E-state index contributed by atoms with van der Waals surface area (Å²) >= 11 is 0. The zero-order valence-corrected chi connectivity index (χ0v) is 15.9. The van der Waals surface area contributed by atoms with Crippen molar-refractivity contribution in [3.63, 3.8) is 0 Å². The van der Waals surface area contributed by atoms with Crippen LogP contribution in [0.2, 0.25) is 0 Å². The third-order valence-electron chi connectivity index (χ3n) is 3.39. The molecule has 1 amide bonds. The van der Waals surface area contributed by atoms with Gasteiger partial charge in [-0.25, -0.2) is 9.97 Å². The summed E-state index contributed by atoms with van der Waals surface area (Å²) in [7, 11) is 3.50. The molecule has 10 heteroatoms. The minimum Gasteiger partial charge on any atom is -0.368 e. The number of rotatable bonds is 6. The van der Waals surface area contributed by atoms with Gasteiger partial charge >= 0.3 is 0 Å². The van der Waals surface area contributed by atoms with Crippen molar-refractivity contribution in [3.05, 3.63) is 12.5 Å². The van der Waals surface area contributed by atoms with Gasteiger partial charge in [0.15, 0.2) is 11.6 Å². The quantitative estimate of drug-likeness (QED) is 0.321. The molecule has 2 rings (SSSR count). The fourth-order valence-electron chi connectivity index (χ4n) is 2.31. The molecule has 0 unspecified atom stereocenters. The molecule has 10 nitrogen and oxygen atoms in total. The van der Waals surface area contributed by atoms with Gasteiger partial charge in [-0.1, -0.05) is 0 Å². The first-order chi connectivity index (χ1) is 12.3. The molecule has 0 aliphatic carbocycles. The van der Waals surface area contributed by atoms with Gasteiger partial charge in [0.05, 0.1) is 18.1 Å². The number of nitrogens with zero attached hydrogens (tertiary/aromatic N) is 5. The Kier molecular flexibility index (Phi) is 6.31. The summed E-state index contributed by atoms with van der Waals surface area (Å²) in [5.74, 6) is 1.21. The van der Waals surface area contributed by atoms with Gasteiger partial charge in [-0.05, 0) is 20.8 Å². The predicted octanol–water partition coefficient (Wildman–Crippen LogP) is -0.145. The van der Waals surface area contributed by atoms with Crippen LogP contribution in [0, 0.1) is 0 Å². The van der Waals surface area contributed by atoms with Gasteiger partial charge in [0.2, 0.25) is 5.91 Å². The first-order valence-electron chi connectivity index (χ1n) is 8.42. The van der Waals surface area contributed by atoms with Gasteiger partial charge in [0, 0.05) is 32.7 Å². The molecular formula is C16H27N9O. The Labute approximate surface area is 152 Å². The third-order valence-corrected chi connectivity index (χ3v) is 3.39. The Bertz CT molecular complexity index is 776. The van der Waals surface area contributed by atoms with Crippen LogP contribution in [-0.2, 0) is 11.8 Å². The van der Waals surface area contributed by atoms with Crippen LogP contribution >= 0.6 is 0 Å². The fraction of sp³-hybridized carbons (Fsp3) is 0.562. The molecule has 0 saturated heterocycles. The maximum Gasteiger partial charge on any atom is 0.239 e. The summed E-state index contributed by atoms with van der Waals surface area (Å²) < 4.78 is 1.70. The van der Waals surface area contributed by atoms with E-state index in [2.05, 4.69) is 41.3 Å². The van der Waals surface area contributed by atoms with Gasteiger partial charge in [-0.15, -0.1) is 0 Å². The zero-order chi connectivity index (χ0) is 19.2. The van der Waals surface area contributed by atoms with Crippen LogP contribution in [-0.4, -0.2) is 63.8 Å². The minimum atomic E-state index is -0.255. The second-order valence-electron chi connectivity index (χ2n) is 6.81. The smallest absolute Gasteiger partial charge is 0.239 e. The normalized spacial score (nSPS) is 12.1. The van der Waals surface area contributed by atoms with Crippen molar-refractivity contribution in [2.45, 2.75) is 26.3 Å². The SMILES string of the molecule is CN=C(NCCNc1ncnc2c1cnn2C)NCC(=O)NC(C)(C)C. The van der Waals surface area contributed by atoms with Crippen LogP contribution in [0.5, 0.6) is 0 Å². The van der Waals surface area contributed by atoms with E-state index in [4.69, 9.17) is 0 Å². The second-order valence-corrected chi connectivity index (χ2v) is 6.81. The van der Waals surface area contributed by atoms with Gasteiger partial charge < -0.3 is 21.3 Å². The van der Waals surface area contributed by atoms with Crippen molar-refractivity contribution < 1.29 is 4.79 Å². The predicted molar refractivity (Wildman–Crippen MR) is 102 cm³/mol. The van der Waals surface area contributed by atoms with Gasteiger partial charge in [0.25, 0.3) is 0 Å². The highest BCUT2D eigenvalue weighted by Crippen LogP contribution is 2.16. The molecule has 2 heterocycles. The summed E-state index contributed by atoms with van der Waals surface area (Å²) in [5.41, 5.74) is 0.521. The van der Waals surface area contributed by atoms with E-state index in [0.717, 1.165) is 16.9 Å². The van der Waals surface area contributed by atoms with Crippen molar-refractivity contribution in [2.75, 3.05) is 32.0 Å². The van der Waals surface area contributed by atoms with Crippen molar-refractivity contribution in [1.29, 1.82) is 0 Å². The number of guanidine groups is 1. The molecular weight excluding hydrogens is 334 g/mol. The molecule has 26 heavy (non-hydrogen) atoms. The molecule has 0 bridgehead atoms. The number of anilines is 1. The van der Waals surface area contributed by atoms with Crippen molar-refractivity contribution in [1.82, 2.24) is 35.7 Å². The van der Waals surface area contributed by atoms with Crippen LogP contribution < -0.4 is 21.3 Å². The molecule has 0 aliphatic heterocycles. The Morgan fingerprint density at radius 2 is 2.00 bits per heavy atom. The molecule has 0 atom stereocenters. The maximum absolute atomic E-state index is 11.8. The molecule has 0 fully saturated rings. The number of fused-ring (bicyclic) bond motifs is 1. The van der Waals surface area contributed by atoms with Crippen molar-refractivity contribution in [3.8, 4) is 0 Å². The number of aryl methyl sites for hydroxylation is 1. The number of hydrogen-bond acceptors (Lipinski definition) is 6. The number of carbonyl (C=O) groups excluding carboxylic acids is 1. The van der Waals surface area contributed by atoms with E-state index >= 15 is 0 Å². The van der Waals surface area contributed by atoms with E-state index in [1.807, 2.05) is 27.8 Å². The largest absolute Gasteiger partial charge is 0.368 e. The molecule has 0 aliphatic rings. The van der Waals surface area contributed by atoms with Crippen molar-refractivity contribution >= 4 is 28.7 Å². The van der Waals surface area contributed by atoms with Crippen LogP contribution in [0.15, 0.2) is 17.5 Å². The topological polar surface area (TPSA) is 121 Å². The summed E-state index contributed by atoms with van der Waals surface area (Å²) in [6.07, 6.45) is 3.24. The lowest BCUT2D eigenvalue weighted by Crippen LogP contribution is -2.48. The second kappa shape index (κ2) is 8.45. The molecule has 2 aromatic heterocycles. The number of hydrogen-bond donors (Lipinski definition) is 4. The van der Waals surface area contributed by atoms with Crippen molar-refractivity contribution in [2.24, 2.45) is 12.0 Å². The minimum absolute atomic E-state index is 0.0847. The van der Waals surface area contributed by atoms with E-state index in [0.29, 0.717) is 19.0 Å². The molecule has 4 N–H and O–H groups in total. The van der Waals surface area contributed by atoms with Crippen LogP contribution in [0.25, 0.3) is 11.0 Å². The van der Waals surface area contributed by atoms with Crippen LogP contribution in [0.3, 0.4) is 0 Å². The maximum atomic E-state index is 11.8. The number of aliphatic imine (C=N–C) groups is 1. The molecule has 142 valence electrons. The highest BCUT2D eigenvalue weighted by molar-refractivity contribution is 5.87. The van der Waals surface area contributed by atoms with E-state index in [-0.39, 0.29) is 18.0 Å². The number of aromatic nitrogens is 4. The number of nitrogens with one attached hydrogen (secondary N) is 4. The van der Waals surface area contributed by atoms with Gasteiger partial charge in [0.1, 0.15) is 12.1 Å². The fourth-order valence-corrected chi connectivity index (χ4v) is 2.31. The Morgan fingerprint density at radius 3 is 2.69 bits per heavy atom. The lowest BCUT2D eigenvalue weighted by Gasteiger charge is -2.21. The summed E-state index contributed by atoms with van der Waals surface area (Å²) in [6, 6.07) is 0. The monoisotopic (exact) mass is 361 g/mol. The number of amides is 1. The van der Waals surface area contributed by atoms with Crippen LogP contribution in [0.1, 0.15) is 20.8 Å². The Hall–Kier alpha value is -2.91. The van der Waals surface area contributed by atoms with Gasteiger partial charge in [-0.3, -0.25) is 14.5 Å². The molecule has 0 aromatic carbocycles. The van der Waals surface area contributed by atoms with E-state index in [1.54, 1.807) is 17.9 Å². The number of carbonyl (C=O) groups is 1.